The predicted molar refractivity (Wildman–Crippen MR) is 40.8 cm³/mol. The zero-order valence-electron chi connectivity index (χ0n) is 6.28. The van der Waals surface area contributed by atoms with Crippen LogP contribution in [0, 0.1) is 0 Å². The van der Waals surface area contributed by atoms with Crippen LogP contribution in [0.4, 0.5) is 0 Å². The lowest BCUT2D eigenvalue weighted by Crippen LogP contribution is -2.44. The summed E-state index contributed by atoms with van der Waals surface area (Å²) in [5.41, 5.74) is 2.64. The van der Waals surface area contributed by atoms with E-state index in [-0.39, 0.29) is 5.54 Å². The molecule has 54 valence electrons. The van der Waals surface area contributed by atoms with Gasteiger partial charge in [0, 0.05) is 5.54 Å². The Labute approximate surface area is 57.1 Å². The molecule has 0 heterocycles. The van der Waals surface area contributed by atoms with E-state index in [1.54, 1.807) is 0 Å². The lowest BCUT2D eigenvalue weighted by atomic mass is 9.98. The Morgan fingerprint density at radius 3 is 2.44 bits per heavy atom. The van der Waals surface area contributed by atoms with E-state index in [0.29, 0.717) is 0 Å². The molecule has 1 atom stereocenters. The Morgan fingerprint density at radius 1 is 1.78 bits per heavy atom. The van der Waals surface area contributed by atoms with Crippen LogP contribution in [0.2, 0.25) is 0 Å². The molecule has 0 bridgehead atoms. The average molecular weight is 128 g/mol. The van der Waals surface area contributed by atoms with Gasteiger partial charge in [0.25, 0.3) is 0 Å². The van der Waals surface area contributed by atoms with Gasteiger partial charge in [-0.15, -0.1) is 6.58 Å². The summed E-state index contributed by atoms with van der Waals surface area (Å²) in [5.74, 6) is 5.28. The van der Waals surface area contributed by atoms with Crippen molar-refractivity contribution in [1.29, 1.82) is 0 Å². The first-order valence-electron chi connectivity index (χ1n) is 3.30. The van der Waals surface area contributed by atoms with E-state index in [4.69, 9.17) is 5.84 Å². The van der Waals surface area contributed by atoms with Crippen LogP contribution in [0.5, 0.6) is 0 Å². The summed E-state index contributed by atoms with van der Waals surface area (Å²) in [6, 6.07) is 0. The number of rotatable bonds is 4. The lowest BCUT2D eigenvalue weighted by molar-refractivity contribution is 0.414. The van der Waals surface area contributed by atoms with Crippen molar-refractivity contribution in [3.8, 4) is 0 Å². The lowest BCUT2D eigenvalue weighted by Gasteiger charge is -2.23. The van der Waals surface area contributed by atoms with Gasteiger partial charge >= 0.3 is 0 Å². The molecule has 1 unspecified atom stereocenters. The van der Waals surface area contributed by atoms with E-state index in [0.717, 1.165) is 12.8 Å². The summed E-state index contributed by atoms with van der Waals surface area (Å²) in [6.45, 7) is 7.84. The smallest absolute Gasteiger partial charge is 0.0469 e. The molecule has 0 fully saturated rings. The monoisotopic (exact) mass is 128 g/mol. The molecular formula is C7H16N2. The summed E-state index contributed by atoms with van der Waals surface area (Å²) >= 11 is 0. The maximum absolute atomic E-state index is 5.28. The second kappa shape index (κ2) is 3.64. The molecule has 2 heteroatoms. The van der Waals surface area contributed by atoms with E-state index in [2.05, 4.69) is 18.9 Å². The van der Waals surface area contributed by atoms with E-state index in [1.807, 2.05) is 13.0 Å². The highest BCUT2D eigenvalue weighted by Gasteiger charge is 2.14. The van der Waals surface area contributed by atoms with Gasteiger partial charge in [0.2, 0.25) is 0 Å². The Kier molecular flexibility index (Phi) is 3.50. The average Bonchev–Trinajstić information content (AvgIpc) is 1.89. The van der Waals surface area contributed by atoms with Crippen molar-refractivity contribution in [2.75, 3.05) is 0 Å². The molecular weight excluding hydrogens is 112 g/mol. The molecule has 0 aliphatic heterocycles. The molecule has 3 N–H and O–H groups in total. The first-order chi connectivity index (χ1) is 4.18. The van der Waals surface area contributed by atoms with Crippen LogP contribution in [0.1, 0.15) is 26.7 Å². The Hall–Kier alpha value is -0.340. The van der Waals surface area contributed by atoms with Crippen molar-refractivity contribution in [1.82, 2.24) is 5.43 Å². The van der Waals surface area contributed by atoms with Gasteiger partial charge in [0.15, 0.2) is 0 Å². The fourth-order valence-electron chi connectivity index (χ4n) is 0.752. The molecule has 0 amide bonds. The van der Waals surface area contributed by atoms with Crippen LogP contribution in [0.25, 0.3) is 0 Å². The number of nitrogens with two attached hydrogens (primary N) is 1. The van der Waals surface area contributed by atoms with Gasteiger partial charge in [-0.2, -0.15) is 0 Å². The highest BCUT2D eigenvalue weighted by molar-refractivity contribution is 4.97. The Balaban J connectivity index is 3.76. The number of hydrogen-bond acceptors (Lipinski definition) is 2. The highest BCUT2D eigenvalue weighted by atomic mass is 15.3. The third-order valence-electron chi connectivity index (χ3n) is 1.55. The van der Waals surface area contributed by atoms with Crippen LogP contribution >= 0.6 is 0 Å². The number of hydrogen-bond donors (Lipinski definition) is 2. The molecule has 0 rings (SSSR count). The Morgan fingerprint density at radius 2 is 2.33 bits per heavy atom. The molecule has 0 aromatic rings. The van der Waals surface area contributed by atoms with Crippen molar-refractivity contribution >= 4 is 0 Å². The van der Waals surface area contributed by atoms with E-state index in [9.17, 15) is 0 Å². The SMILES string of the molecule is C=CC(C)(CCC)NN. The van der Waals surface area contributed by atoms with Gasteiger partial charge in [-0.3, -0.25) is 11.3 Å². The van der Waals surface area contributed by atoms with Crippen molar-refractivity contribution in [3.05, 3.63) is 12.7 Å². The minimum atomic E-state index is -0.0747. The maximum Gasteiger partial charge on any atom is 0.0469 e. The molecule has 0 aromatic heterocycles. The van der Waals surface area contributed by atoms with E-state index in [1.165, 1.54) is 0 Å². The second-order valence-electron chi connectivity index (χ2n) is 2.52. The van der Waals surface area contributed by atoms with Gasteiger partial charge in [-0.05, 0) is 13.3 Å². The van der Waals surface area contributed by atoms with E-state index >= 15 is 0 Å². The summed E-state index contributed by atoms with van der Waals surface area (Å²) in [5, 5.41) is 0. The van der Waals surface area contributed by atoms with Crippen LogP contribution < -0.4 is 11.3 Å². The van der Waals surface area contributed by atoms with Crippen molar-refractivity contribution in [2.45, 2.75) is 32.2 Å². The van der Waals surface area contributed by atoms with Crippen LogP contribution in [-0.4, -0.2) is 5.54 Å². The second-order valence-corrected chi connectivity index (χ2v) is 2.52. The van der Waals surface area contributed by atoms with Gasteiger partial charge in [0.1, 0.15) is 0 Å². The van der Waals surface area contributed by atoms with Crippen LogP contribution in [0.3, 0.4) is 0 Å². The van der Waals surface area contributed by atoms with Crippen molar-refractivity contribution in [2.24, 2.45) is 5.84 Å². The van der Waals surface area contributed by atoms with Gasteiger partial charge in [-0.1, -0.05) is 19.4 Å². The first-order valence-corrected chi connectivity index (χ1v) is 3.30. The van der Waals surface area contributed by atoms with Gasteiger partial charge in [-0.25, -0.2) is 0 Å². The molecule has 0 radical (unpaired) electrons. The molecule has 0 aliphatic rings. The van der Waals surface area contributed by atoms with Crippen LogP contribution in [-0.2, 0) is 0 Å². The topological polar surface area (TPSA) is 38.0 Å². The number of hydrazine groups is 1. The maximum atomic E-state index is 5.28. The standard InChI is InChI=1S/C7H16N2/c1-4-6-7(3,5-2)9-8/h5,9H,2,4,6,8H2,1,3H3. The molecule has 0 spiro atoms. The third kappa shape index (κ3) is 2.63. The summed E-state index contributed by atoms with van der Waals surface area (Å²) in [6.07, 6.45) is 4.00. The quantitative estimate of drug-likeness (QED) is 0.339. The van der Waals surface area contributed by atoms with E-state index < -0.39 is 0 Å². The number of nitrogens with one attached hydrogen (secondary N) is 1. The minimum absolute atomic E-state index is 0.0747. The highest BCUT2D eigenvalue weighted by Crippen LogP contribution is 2.10. The van der Waals surface area contributed by atoms with Crippen molar-refractivity contribution in [3.63, 3.8) is 0 Å². The fraction of sp³-hybridized carbons (Fsp3) is 0.714. The molecule has 0 saturated heterocycles. The molecule has 0 saturated carbocycles. The Bertz CT molecular complexity index is 90.9. The predicted octanol–water partition coefficient (Wildman–Crippen LogP) is 1.19. The third-order valence-corrected chi connectivity index (χ3v) is 1.55. The summed E-state index contributed by atoms with van der Waals surface area (Å²) < 4.78 is 0. The van der Waals surface area contributed by atoms with Crippen molar-refractivity contribution < 1.29 is 0 Å². The molecule has 2 nitrogen and oxygen atoms in total. The molecule has 0 aliphatic carbocycles. The van der Waals surface area contributed by atoms with Gasteiger partial charge in [0.05, 0.1) is 0 Å². The molecule has 0 aromatic carbocycles. The fourth-order valence-corrected chi connectivity index (χ4v) is 0.752. The summed E-state index contributed by atoms with van der Waals surface area (Å²) in [4.78, 5) is 0. The normalized spacial score (nSPS) is 16.8. The first kappa shape index (κ1) is 8.66. The van der Waals surface area contributed by atoms with Gasteiger partial charge < -0.3 is 0 Å². The minimum Gasteiger partial charge on any atom is -0.271 e. The largest absolute Gasteiger partial charge is 0.271 e. The zero-order valence-corrected chi connectivity index (χ0v) is 6.28. The summed E-state index contributed by atoms with van der Waals surface area (Å²) in [7, 11) is 0. The zero-order chi connectivity index (χ0) is 7.33. The van der Waals surface area contributed by atoms with Crippen LogP contribution in [0.15, 0.2) is 12.7 Å². The molecule has 9 heavy (non-hydrogen) atoms.